The molecule has 0 atom stereocenters. The van der Waals surface area contributed by atoms with Crippen LogP contribution in [-0.2, 0) is 0 Å². The molecule has 0 aliphatic carbocycles. The van der Waals surface area contributed by atoms with Gasteiger partial charge in [0.2, 0.25) is 5.95 Å². The lowest BCUT2D eigenvalue weighted by molar-refractivity contribution is 0.505. The van der Waals surface area contributed by atoms with Crippen LogP contribution in [0.3, 0.4) is 0 Å². The molecule has 19 heavy (non-hydrogen) atoms. The summed E-state index contributed by atoms with van der Waals surface area (Å²) in [6.07, 6.45) is 1.39. The Kier molecular flexibility index (Phi) is 2.60. The molecule has 0 aliphatic heterocycles. The summed E-state index contributed by atoms with van der Waals surface area (Å²) in [7, 11) is 0. The lowest BCUT2D eigenvalue weighted by Crippen LogP contribution is -2.04. The molecule has 0 saturated carbocycles. The molecule has 4 nitrogen and oxygen atoms in total. The van der Waals surface area contributed by atoms with E-state index >= 15 is 0 Å². The van der Waals surface area contributed by atoms with Crippen molar-refractivity contribution in [1.29, 1.82) is 0 Å². The van der Waals surface area contributed by atoms with Crippen molar-refractivity contribution in [2.24, 2.45) is 0 Å². The summed E-state index contributed by atoms with van der Waals surface area (Å²) in [6.45, 7) is 0. The molecule has 2 heterocycles. The number of rotatable bonds is 1. The van der Waals surface area contributed by atoms with E-state index in [0.717, 1.165) is 6.07 Å². The Hall–Kier alpha value is -2.21. The van der Waals surface area contributed by atoms with Gasteiger partial charge >= 0.3 is 0 Å². The Morgan fingerprint density at radius 1 is 1.26 bits per heavy atom. The van der Waals surface area contributed by atoms with Crippen LogP contribution >= 0.6 is 11.6 Å². The number of halogens is 3. The van der Waals surface area contributed by atoms with Gasteiger partial charge in [0.15, 0.2) is 17.3 Å². The zero-order valence-electron chi connectivity index (χ0n) is 9.44. The molecular formula is C12H7ClF2N4. The zero-order valence-corrected chi connectivity index (χ0v) is 10.2. The Balaban J connectivity index is 2.36. The normalized spacial score (nSPS) is 11.1. The average molecular weight is 281 g/mol. The molecule has 0 saturated heterocycles. The molecule has 7 heteroatoms. The lowest BCUT2D eigenvalue weighted by Gasteiger charge is -2.07. The summed E-state index contributed by atoms with van der Waals surface area (Å²) in [4.78, 5) is 8.07. The van der Waals surface area contributed by atoms with Crippen LogP contribution in [0.4, 0.5) is 14.7 Å². The molecule has 3 aromatic rings. The van der Waals surface area contributed by atoms with Crippen LogP contribution in [-0.4, -0.2) is 14.5 Å². The third-order valence-electron chi connectivity index (χ3n) is 2.66. The van der Waals surface area contributed by atoms with Crippen molar-refractivity contribution in [2.45, 2.75) is 0 Å². The minimum Gasteiger partial charge on any atom is -0.369 e. The topological polar surface area (TPSA) is 56.7 Å². The van der Waals surface area contributed by atoms with Gasteiger partial charge in [-0.05, 0) is 18.2 Å². The van der Waals surface area contributed by atoms with Gasteiger partial charge in [-0.2, -0.15) is 0 Å². The summed E-state index contributed by atoms with van der Waals surface area (Å²) in [5.74, 6) is -1.97. The van der Waals surface area contributed by atoms with Crippen molar-refractivity contribution >= 4 is 28.7 Å². The van der Waals surface area contributed by atoms with E-state index in [1.807, 2.05) is 0 Å². The quantitative estimate of drug-likeness (QED) is 0.745. The molecule has 2 aromatic heterocycles. The molecule has 0 radical (unpaired) electrons. The molecule has 0 unspecified atom stereocenters. The van der Waals surface area contributed by atoms with Gasteiger partial charge < -0.3 is 5.73 Å². The summed E-state index contributed by atoms with van der Waals surface area (Å²) in [5, 5.41) is 0.386. The first kappa shape index (κ1) is 11.9. The molecule has 96 valence electrons. The molecule has 1 aromatic carbocycles. The maximum absolute atomic E-state index is 13.8. The van der Waals surface area contributed by atoms with E-state index in [2.05, 4.69) is 9.97 Å². The summed E-state index contributed by atoms with van der Waals surface area (Å²) >= 11 is 5.80. The fraction of sp³-hybridized carbons (Fsp3) is 0. The Bertz CT molecular complexity index is 785. The van der Waals surface area contributed by atoms with Crippen molar-refractivity contribution in [1.82, 2.24) is 14.5 Å². The maximum atomic E-state index is 13.8. The van der Waals surface area contributed by atoms with Gasteiger partial charge in [-0.15, -0.1) is 0 Å². The third kappa shape index (κ3) is 1.80. The minimum absolute atomic E-state index is 0.00858. The number of benzene rings is 1. The smallest absolute Gasteiger partial charge is 0.207 e. The number of fused-ring (bicyclic) bond motifs is 1. The standard InChI is InChI=1S/C12H7ClF2N4/c13-6-4-8-11(17-5-6)19(12(16)18-8)9-3-1-2-7(14)10(9)15/h1-5H,(H2,16,18). The first-order chi connectivity index (χ1) is 9.08. The average Bonchev–Trinajstić information content (AvgIpc) is 2.68. The molecule has 0 amide bonds. The van der Waals surface area contributed by atoms with E-state index in [0.29, 0.717) is 16.2 Å². The van der Waals surface area contributed by atoms with Crippen LogP contribution in [0.5, 0.6) is 0 Å². The predicted molar refractivity (Wildman–Crippen MR) is 68.2 cm³/mol. The van der Waals surface area contributed by atoms with Gasteiger partial charge in [0, 0.05) is 6.20 Å². The highest BCUT2D eigenvalue weighted by Crippen LogP contribution is 2.25. The van der Waals surface area contributed by atoms with Gasteiger partial charge in [-0.25, -0.2) is 18.7 Å². The second kappa shape index (κ2) is 4.17. The summed E-state index contributed by atoms with van der Waals surface area (Å²) in [5.41, 5.74) is 6.41. The molecule has 0 spiro atoms. The second-order valence-corrected chi connectivity index (χ2v) is 4.31. The number of nitrogens with two attached hydrogens (primary N) is 1. The monoisotopic (exact) mass is 280 g/mol. The van der Waals surface area contributed by atoms with Crippen LogP contribution in [0, 0.1) is 11.6 Å². The van der Waals surface area contributed by atoms with Crippen molar-refractivity contribution in [3.63, 3.8) is 0 Å². The number of imidazole rings is 1. The van der Waals surface area contributed by atoms with Gasteiger partial charge in [-0.3, -0.25) is 4.57 Å². The largest absolute Gasteiger partial charge is 0.369 e. The van der Waals surface area contributed by atoms with E-state index in [9.17, 15) is 8.78 Å². The van der Waals surface area contributed by atoms with Crippen LogP contribution in [0.1, 0.15) is 0 Å². The van der Waals surface area contributed by atoms with Crippen molar-refractivity contribution in [3.05, 3.63) is 47.1 Å². The molecule has 0 fully saturated rings. The van der Waals surface area contributed by atoms with Crippen LogP contribution in [0.25, 0.3) is 16.9 Å². The molecule has 0 aliphatic rings. The van der Waals surface area contributed by atoms with Gasteiger partial charge in [0.1, 0.15) is 5.52 Å². The van der Waals surface area contributed by atoms with Crippen LogP contribution < -0.4 is 5.73 Å². The minimum atomic E-state index is -1.01. The van der Waals surface area contributed by atoms with Crippen LogP contribution in [0.15, 0.2) is 30.5 Å². The van der Waals surface area contributed by atoms with E-state index in [-0.39, 0.29) is 11.6 Å². The number of anilines is 1. The summed E-state index contributed by atoms with van der Waals surface area (Å²) < 4.78 is 28.3. The molecule has 3 rings (SSSR count). The van der Waals surface area contributed by atoms with Gasteiger partial charge in [0.05, 0.1) is 10.7 Å². The highest BCUT2D eigenvalue weighted by Gasteiger charge is 2.16. The predicted octanol–water partition coefficient (Wildman–Crippen LogP) is 2.93. The van der Waals surface area contributed by atoms with Gasteiger partial charge in [0.25, 0.3) is 0 Å². The van der Waals surface area contributed by atoms with Gasteiger partial charge in [-0.1, -0.05) is 17.7 Å². The van der Waals surface area contributed by atoms with Crippen LogP contribution in [0.2, 0.25) is 5.02 Å². The van der Waals surface area contributed by atoms with E-state index in [1.54, 1.807) is 6.07 Å². The second-order valence-electron chi connectivity index (χ2n) is 3.87. The highest BCUT2D eigenvalue weighted by atomic mass is 35.5. The van der Waals surface area contributed by atoms with E-state index in [4.69, 9.17) is 17.3 Å². The first-order valence-electron chi connectivity index (χ1n) is 5.32. The fourth-order valence-electron chi connectivity index (χ4n) is 1.86. The lowest BCUT2D eigenvalue weighted by atomic mass is 10.3. The van der Waals surface area contributed by atoms with E-state index < -0.39 is 11.6 Å². The Labute approximate surface area is 111 Å². The number of pyridine rings is 1. The summed E-state index contributed by atoms with van der Waals surface area (Å²) in [6, 6.07) is 5.35. The van der Waals surface area contributed by atoms with Crippen molar-refractivity contribution < 1.29 is 8.78 Å². The first-order valence-corrected chi connectivity index (χ1v) is 5.69. The number of hydrogen-bond acceptors (Lipinski definition) is 3. The maximum Gasteiger partial charge on any atom is 0.207 e. The highest BCUT2D eigenvalue weighted by molar-refractivity contribution is 6.31. The molecule has 2 N–H and O–H groups in total. The number of aromatic nitrogens is 3. The molecule has 0 bridgehead atoms. The SMILES string of the molecule is Nc1nc2cc(Cl)cnc2n1-c1cccc(F)c1F. The van der Waals surface area contributed by atoms with Crippen molar-refractivity contribution in [2.75, 3.05) is 5.73 Å². The number of hydrogen-bond donors (Lipinski definition) is 1. The third-order valence-corrected chi connectivity index (χ3v) is 2.87. The fourth-order valence-corrected chi connectivity index (χ4v) is 2.01. The van der Waals surface area contributed by atoms with Crippen molar-refractivity contribution in [3.8, 4) is 5.69 Å². The van der Waals surface area contributed by atoms with E-state index in [1.165, 1.54) is 22.9 Å². The Morgan fingerprint density at radius 3 is 2.84 bits per heavy atom. The Morgan fingerprint density at radius 2 is 2.05 bits per heavy atom. The molecular weight excluding hydrogens is 274 g/mol. The number of nitrogen functional groups attached to an aromatic ring is 1. The number of nitrogens with zero attached hydrogens (tertiary/aromatic N) is 3. The zero-order chi connectivity index (χ0) is 13.6.